The highest BCUT2D eigenvalue weighted by Crippen LogP contribution is 2.25. The molecule has 13 heavy (non-hydrogen) atoms. The fourth-order valence-corrected chi connectivity index (χ4v) is 1.45. The molecule has 0 bridgehead atoms. The van der Waals surface area contributed by atoms with Crippen LogP contribution in [0.4, 0.5) is 5.69 Å². The molecular formula is C12H15N. The van der Waals surface area contributed by atoms with Crippen molar-refractivity contribution < 1.29 is 0 Å². The summed E-state index contributed by atoms with van der Waals surface area (Å²) in [6.07, 6.45) is 3.40. The molecule has 0 amide bonds. The molecule has 0 fully saturated rings. The first-order chi connectivity index (χ1) is 6.29. The van der Waals surface area contributed by atoms with E-state index in [1.54, 1.807) is 0 Å². The first-order valence-electron chi connectivity index (χ1n) is 4.75. The van der Waals surface area contributed by atoms with Crippen LogP contribution in [0.25, 0.3) is 4.85 Å². The number of hydrogen-bond donors (Lipinski definition) is 0. The highest BCUT2D eigenvalue weighted by Gasteiger charge is 2.03. The predicted molar refractivity (Wildman–Crippen MR) is 56.1 cm³/mol. The first-order valence-corrected chi connectivity index (χ1v) is 4.75. The van der Waals surface area contributed by atoms with Crippen molar-refractivity contribution in [2.24, 2.45) is 0 Å². The maximum absolute atomic E-state index is 7.09. The monoisotopic (exact) mass is 173 g/mol. The van der Waals surface area contributed by atoms with Gasteiger partial charge < -0.3 is 0 Å². The zero-order valence-corrected chi connectivity index (χ0v) is 8.30. The second-order valence-electron chi connectivity index (χ2n) is 3.30. The fourth-order valence-electron chi connectivity index (χ4n) is 1.45. The molecule has 0 saturated heterocycles. The van der Waals surface area contributed by atoms with Crippen molar-refractivity contribution in [3.05, 3.63) is 40.7 Å². The molecule has 1 nitrogen and oxygen atoms in total. The summed E-state index contributed by atoms with van der Waals surface area (Å²) < 4.78 is 0. The van der Waals surface area contributed by atoms with Crippen LogP contribution < -0.4 is 0 Å². The number of rotatable bonds is 3. The van der Waals surface area contributed by atoms with Gasteiger partial charge in [-0.3, -0.25) is 0 Å². The van der Waals surface area contributed by atoms with Gasteiger partial charge in [-0.25, -0.2) is 4.85 Å². The molecule has 0 aromatic heterocycles. The molecular weight excluding hydrogens is 158 g/mol. The molecule has 0 N–H and O–H groups in total. The summed E-state index contributed by atoms with van der Waals surface area (Å²) in [4.78, 5) is 3.57. The van der Waals surface area contributed by atoms with Crippen LogP contribution in [-0.2, 0) is 6.42 Å². The third-order valence-corrected chi connectivity index (χ3v) is 2.23. The summed E-state index contributed by atoms with van der Waals surface area (Å²) >= 11 is 0. The maximum Gasteiger partial charge on any atom is 0.193 e. The Bertz CT molecular complexity index is 320. The topological polar surface area (TPSA) is 4.36 Å². The second-order valence-corrected chi connectivity index (χ2v) is 3.30. The standard InChI is InChI=1S/C12H15N/c1-4-5-8-11-9-6-7-10(2)12(11)13-3/h6-7,9H,4-5,8H2,1-2H3. The molecule has 1 aromatic carbocycles. The lowest BCUT2D eigenvalue weighted by molar-refractivity contribution is 0.796. The van der Waals surface area contributed by atoms with Crippen molar-refractivity contribution in [1.82, 2.24) is 0 Å². The average Bonchev–Trinajstić information content (AvgIpc) is 2.15. The molecule has 0 spiro atoms. The Kier molecular flexibility index (Phi) is 3.52. The quantitative estimate of drug-likeness (QED) is 0.611. The Morgan fingerprint density at radius 3 is 2.77 bits per heavy atom. The molecule has 0 unspecified atom stereocenters. The lowest BCUT2D eigenvalue weighted by atomic mass is 10.0. The van der Waals surface area contributed by atoms with Gasteiger partial charge in [-0.1, -0.05) is 38.0 Å². The SMILES string of the molecule is [C-]#[N+]c1c(C)cccc1CCCC. The van der Waals surface area contributed by atoms with Gasteiger partial charge in [0.05, 0.1) is 6.57 Å². The van der Waals surface area contributed by atoms with Gasteiger partial charge in [-0.05, 0) is 24.5 Å². The molecule has 0 radical (unpaired) electrons. The van der Waals surface area contributed by atoms with Crippen LogP contribution >= 0.6 is 0 Å². The van der Waals surface area contributed by atoms with Crippen LogP contribution in [0.3, 0.4) is 0 Å². The highest BCUT2D eigenvalue weighted by atomic mass is 14.7. The minimum atomic E-state index is 0.857. The number of unbranched alkanes of at least 4 members (excludes halogenated alkanes) is 1. The number of nitrogens with zero attached hydrogens (tertiary/aromatic N) is 1. The Morgan fingerprint density at radius 1 is 1.38 bits per heavy atom. The molecule has 0 aliphatic carbocycles. The van der Waals surface area contributed by atoms with Crippen molar-refractivity contribution in [3.8, 4) is 0 Å². The first kappa shape index (κ1) is 9.80. The molecule has 1 aromatic rings. The van der Waals surface area contributed by atoms with Gasteiger partial charge in [-0.2, -0.15) is 0 Å². The molecule has 1 heteroatoms. The van der Waals surface area contributed by atoms with E-state index in [2.05, 4.69) is 17.8 Å². The van der Waals surface area contributed by atoms with Gasteiger partial charge in [0.15, 0.2) is 5.69 Å². The molecule has 0 aliphatic rings. The second kappa shape index (κ2) is 4.67. The van der Waals surface area contributed by atoms with E-state index >= 15 is 0 Å². The Morgan fingerprint density at radius 2 is 2.15 bits per heavy atom. The van der Waals surface area contributed by atoms with Crippen molar-refractivity contribution in [1.29, 1.82) is 0 Å². The van der Waals surface area contributed by atoms with Crippen LogP contribution in [0, 0.1) is 13.5 Å². The van der Waals surface area contributed by atoms with E-state index in [4.69, 9.17) is 6.57 Å². The molecule has 0 atom stereocenters. The van der Waals surface area contributed by atoms with Gasteiger partial charge in [0.25, 0.3) is 0 Å². The van der Waals surface area contributed by atoms with E-state index in [-0.39, 0.29) is 0 Å². The maximum atomic E-state index is 7.09. The van der Waals surface area contributed by atoms with Crippen LogP contribution in [0.2, 0.25) is 0 Å². The fraction of sp³-hybridized carbons (Fsp3) is 0.417. The largest absolute Gasteiger partial charge is 0.238 e. The van der Waals surface area contributed by atoms with Gasteiger partial charge in [-0.15, -0.1) is 0 Å². The van der Waals surface area contributed by atoms with Crippen LogP contribution in [0.1, 0.15) is 30.9 Å². The lowest BCUT2D eigenvalue weighted by Gasteiger charge is -2.04. The Hall–Kier alpha value is -1.29. The zero-order chi connectivity index (χ0) is 9.68. The van der Waals surface area contributed by atoms with E-state index in [1.807, 2.05) is 19.1 Å². The highest BCUT2D eigenvalue weighted by molar-refractivity contribution is 5.58. The van der Waals surface area contributed by atoms with Gasteiger partial charge in [0.2, 0.25) is 0 Å². The Labute approximate surface area is 80.2 Å². The molecule has 0 saturated carbocycles. The van der Waals surface area contributed by atoms with E-state index in [1.165, 1.54) is 18.4 Å². The molecule has 68 valence electrons. The van der Waals surface area contributed by atoms with Crippen LogP contribution in [0.15, 0.2) is 18.2 Å². The summed E-state index contributed by atoms with van der Waals surface area (Å²) in [5.41, 5.74) is 3.16. The molecule has 0 aliphatic heterocycles. The van der Waals surface area contributed by atoms with Gasteiger partial charge in [0.1, 0.15) is 0 Å². The van der Waals surface area contributed by atoms with E-state index in [0.717, 1.165) is 17.7 Å². The number of benzene rings is 1. The van der Waals surface area contributed by atoms with Crippen LogP contribution in [-0.4, -0.2) is 0 Å². The van der Waals surface area contributed by atoms with Gasteiger partial charge >= 0.3 is 0 Å². The summed E-state index contributed by atoms with van der Waals surface area (Å²) in [5, 5.41) is 0. The number of para-hydroxylation sites is 1. The minimum Gasteiger partial charge on any atom is -0.238 e. The van der Waals surface area contributed by atoms with E-state index in [0.29, 0.717) is 0 Å². The summed E-state index contributed by atoms with van der Waals surface area (Å²) in [7, 11) is 0. The van der Waals surface area contributed by atoms with Crippen molar-refractivity contribution in [3.63, 3.8) is 0 Å². The summed E-state index contributed by atoms with van der Waals surface area (Å²) in [5.74, 6) is 0. The third kappa shape index (κ3) is 2.32. The smallest absolute Gasteiger partial charge is 0.193 e. The Balaban J connectivity index is 2.93. The van der Waals surface area contributed by atoms with Crippen molar-refractivity contribution in [2.45, 2.75) is 33.1 Å². The van der Waals surface area contributed by atoms with E-state index < -0.39 is 0 Å². The average molecular weight is 173 g/mol. The van der Waals surface area contributed by atoms with Crippen molar-refractivity contribution in [2.75, 3.05) is 0 Å². The van der Waals surface area contributed by atoms with E-state index in [9.17, 15) is 0 Å². The third-order valence-electron chi connectivity index (χ3n) is 2.23. The van der Waals surface area contributed by atoms with Crippen molar-refractivity contribution >= 4 is 5.69 Å². The normalized spacial score (nSPS) is 9.62. The summed E-state index contributed by atoms with van der Waals surface area (Å²) in [6, 6.07) is 6.11. The molecule has 0 heterocycles. The van der Waals surface area contributed by atoms with Gasteiger partial charge in [0, 0.05) is 0 Å². The van der Waals surface area contributed by atoms with Crippen LogP contribution in [0.5, 0.6) is 0 Å². The zero-order valence-electron chi connectivity index (χ0n) is 8.30. The lowest BCUT2D eigenvalue weighted by Crippen LogP contribution is -1.86. The number of hydrogen-bond acceptors (Lipinski definition) is 0. The minimum absolute atomic E-state index is 0.857. The molecule has 1 rings (SSSR count). The summed E-state index contributed by atoms with van der Waals surface area (Å²) in [6.45, 7) is 11.3. The number of aryl methyl sites for hydroxylation is 2. The predicted octanol–water partition coefficient (Wildman–Crippen LogP) is 3.89.